The third kappa shape index (κ3) is 4.19. The molecule has 0 aliphatic heterocycles. The largest absolute Gasteiger partial charge is 0.352 e. The Hall–Kier alpha value is -2.16. The van der Waals surface area contributed by atoms with E-state index in [4.69, 9.17) is 0 Å². The maximum absolute atomic E-state index is 12.8. The number of nitrogens with one attached hydrogen (secondary N) is 1. The van der Waals surface area contributed by atoms with Crippen molar-refractivity contribution >= 4 is 5.91 Å². The van der Waals surface area contributed by atoms with E-state index < -0.39 is 0 Å². The number of benzene rings is 2. The molecule has 2 aromatic rings. The lowest BCUT2D eigenvalue weighted by atomic mass is 10.0. The van der Waals surface area contributed by atoms with E-state index in [-0.39, 0.29) is 17.6 Å². The van der Waals surface area contributed by atoms with E-state index in [1.165, 1.54) is 12.1 Å². The fourth-order valence-corrected chi connectivity index (χ4v) is 2.03. The van der Waals surface area contributed by atoms with Gasteiger partial charge in [0.05, 0.1) is 0 Å². The lowest BCUT2D eigenvalue weighted by molar-refractivity contribution is -0.124. The quantitative estimate of drug-likeness (QED) is 0.888. The first-order valence-electron chi connectivity index (χ1n) is 6.71. The van der Waals surface area contributed by atoms with Crippen LogP contribution in [0.15, 0.2) is 54.6 Å². The van der Waals surface area contributed by atoms with E-state index in [1.807, 2.05) is 37.3 Å². The Morgan fingerprint density at radius 2 is 1.70 bits per heavy atom. The van der Waals surface area contributed by atoms with Gasteiger partial charge in [0.1, 0.15) is 5.82 Å². The molecule has 1 N–H and O–H groups in total. The molecule has 0 radical (unpaired) electrons. The van der Waals surface area contributed by atoms with Gasteiger partial charge in [-0.25, -0.2) is 4.39 Å². The first-order valence-corrected chi connectivity index (χ1v) is 6.71. The van der Waals surface area contributed by atoms with Gasteiger partial charge in [0.15, 0.2) is 0 Å². The average molecular weight is 271 g/mol. The molecule has 0 saturated carbocycles. The molecule has 0 heterocycles. The van der Waals surface area contributed by atoms with Crippen LogP contribution in [0.2, 0.25) is 0 Å². The fourth-order valence-electron chi connectivity index (χ4n) is 2.03. The Bertz CT molecular complexity index is 551. The van der Waals surface area contributed by atoms with Crippen molar-refractivity contribution in [1.82, 2.24) is 5.32 Å². The monoisotopic (exact) mass is 271 g/mol. The molecule has 20 heavy (non-hydrogen) atoms. The number of hydrogen-bond donors (Lipinski definition) is 1. The molecule has 0 aliphatic carbocycles. The second-order valence-electron chi connectivity index (χ2n) is 4.94. The zero-order valence-corrected chi connectivity index (χ0v) is 11.5. The molecule has 2 rings (SSSR count). The molecule has 0 aliphatic rings. The first-order chi connectivity index (χ1) is 9.65. The van der Waals surface area contributed by atoms with Gasteiger partial charge in [-0.2, -0.15) is 0 Å². The SMILES string of the molecule is CC(Cc1ccc(F)cc1)C(=O)NCc1ccccc1. The van der Waals surface area contributed by atoms with Gasteiger partial charge < -0.3 is 5.32 Å². The standard InChI is InChI=1S/C17H18FNO/c1-13(11-14-7-9-16(18)10-8-14)17(20)19-12-15-5-3-2-4-6-15/h2-10,13H,11-12H2,1H3,(H,19,20). The second kappa shape index (κ2) is 6.85. The highest BCUT2D eigenvalue weighted by Crippen LogP contribution is 2.10. The molecule has 0 aromatic heterocycles. The van der Waals surface area contributed by atoms with E-state index in [2.05, 4.69) is 5.32 Å². The molecule has 1 amide bonds. The Kier molecular flexibility index (Phi) is 4.88. The third-order valence-corrected chi connectivity index (χ3v) is 3.21. The summed E-state index contributed by atoms with van der Waals surface area (Å²) in [6, 6.07) is 16.1. The molecule has 104 valence electrons. The topological polar surface area (TPSA) is 29.1 Å². The average Bonchev–Trinajstić information content (AvgIpc) is 2.48. The van der Waals surface area contributed by atoms with Crippen molar-refractivity contribution in [3.05, 3.63) is 71.5 Å². The predicted octanol–water partition coefficient (Wildman–Crippen LogP) is 3.32. The van der Waals surface area contributed by atoms with Gasteiger partial charge in [-0.15, -0.1) is 0 Å². The van der Waals surface area contributed by atoms with Crippen LogP contribution in [0.1, 0.15) is 18.1 Å². The van der Waals surface area contributed by atoms with Crippen molar-refractivity contribution < 1.29 is 9.18 Å². The van der Waals surface area contributed by atoms with Crippen molar-refractivity contribution in [3.8, 4) is 0 Å². The van der Waals surface area contributed by atoms with Crippen LogP contribution < -0.4 is 5.32 Å². The molecule has 0 saturated heterocycles. The minimum Gasteiger partial charge on any atom is -0.352 e. The molecule has 2 nitrogen and oxygen atoms in total. The van der Waals surface area contributed by atoms with E-state index >= 15 is 0 Å². The molecule has 1 atom stereocenters. The zero-order valence-electron chi connectivity index (χ0n) is 11.5. The van der Waals surface area contributed by atoms with Crippen molar-refractivity contribution in [2.75, 3.05) is 0 Å². The second-order valence-corrected chi connectivity index (χ2v) is 4.94. The van der Waals surface area contributed by atoms with Gasteiger partial charge in [0.2, 0.25) is 5.91 Å². The van der Waals surface area contributed by atoms with Crippen molar-refractivity contribution in [3.63, 3.8) is 0 Å². The van der Waals surface area contributed by atoms with E-state index in [1.54, 1.807) is 12.1 Å². The van der Waals surface area contributed by atoms with Crippen LogP contribution in [0.25, 0.3) is 0 Å². The number of hydrogen-bond acceptors (Lipinski definition) is 1. The van der Waals surface area contributed by atoms with Gasteiger partial charge >= 0.3 is 0 Å². The predicted molar refractivity (Wildman–Crippen MR) is 77.6 cm³/mol. The molecule has 2 aromatic carbocycles. The lowest BCUT2D eigenvalue weighted by Gasteiger charge is -2.12. The fraction of sp³-hybridized carbons (Fsp3) is 0.235. The molecule has 0 spiro atoms. The molecule has 0 bridgehead atoms. The van der Waals surface area contributed by atoms with Gasteiger partial charge in [0, 0.05) is 12.5 Å². The highest BCUT2D eigenvalue weighted by molar-refractivity contribution is 5.78. The van der Waals surface area contributed by atoms with Gasteiger partial charge in [-0.05, 0) is 29.7 Å². The summed E-state index contributed by atoms with van der Waals surface area (Å²) in [6.07, 6.45) is 0.612. The number of amides is 1. The van der Waals surface area contributed by atoms with Crippen LogP contribution >= 0.6 is 0 Å². The summed E-state index contributed by atoms with van der Waals surface area (Å²) < 4.78 is 12.8. The van der Waals surface area contributed by atoms with Crippen molar-refractivity contribution in [2.24, 2.45) is 5.92 Å². The summed E-state index contributed by atoms with van der Waals surface area (Å²) in [6.45, 7) is 2.41. The van der Waals surface area contributed by atoms with Gasteiger partial charge in [-0.3, -0.25) is 4.79 Å². The Morgan fingerprint density at radius 3 is 2.35 bits per heavy atom. The minimum absolute atomic E-state index is 0.0122. The first kappa shape index (κ1) is 14.3. The van der Waals surface area contributed by atoms with Crippen LogP contribution in [0.5, 0.6) is 0 Å². The van der Waals surface area contributed by atoms with E-state index in [0.29, 0.717) is 13.0 Å². The molecule has 3 heteroatoms. The summed E-state index contributed by atoms with van der Waals surface area (Å²) in [4.78, 5) is 12.0. The number of rotatable bonds is 5. The maximum atomic E-state index is 12.8. The normalized spacial score (nSPS) is 11.9. The van der Waals surface area contributed by atoms with Crippen LogP contribution in [0.3, 0.4) is 0 Å². The molecule has 1 unspecified atom stereocenters. The van der Waals surface area contributed by atoms with Crippen LogP contribution in [0.4, 0.5) is 4.39 Å². The van der Waals surface area contributed by atoms with Crippen molar-refractivity contribution in [1.29, 1.82) is 0 Å². The van der Waals surface area contributed by atoms with Gasteiger partial charge in [0.25, 0.3) is 0 Å². The Morgan fingerprint density at radius 1 is 1.05 bits per heavy atom. The van der Waals surface area contributed by atoms with Crippen LogP contribution in [-0.4, -0.2) is 5.91 Å². The Labute approximate surface area is 118 Å². The lowest BCUT2D eigenvalue weighted by Crippen LogP contribution is -2.29. The summed E-state index contributed by atoms with van der Waals surface area (Å²) in [7, 11) is 0. The zero-order chi connectivity index (χ0) is 14.4. The highest BCUT2D eigenvalue weighted by Gasteiger charge is 2.13. The Balaban J connectivity index is 1.84. The van der Waals surface area contributed by atoms with Crippen molar-refractivity contribution in [2.45, 2.75) is 19.9 Å². The van der Waals surface area contributed by atoms with Gasteiger partial charge in [-0.1, -0.05) is 49.4 Å². The summed E-state index contributed by atoms with van der Waals surface area (Å²) in [5.41, 5.74) is 2.04. The number of carbonyl (C=O) groups is 1. The highest BCUT2D eigenvalue weighted by atomic mass is 19.1. The van der Waals surface area contributed by atoms with Crippen LogP contribution in [0, 0.1) is 11.7 Å². The molecular weight excluding hydrogens is 253 g/mol. The summed E-state index contributed by atoms with van der Waals surface area (Å²) in [5.74, 6) is -0.378. The van der Waals surface area contributed by atoms with Crippen LogP contribution in [-0.2, 0) is 17.8 Å². The molecule has 0 fully saturated rings. The summed E-state index contributed by atoms with van der Waals surface area (Å²) in [5, 5.41) is 2.92. The number of carbonyl (C=O) groups excluding carboxylic acids is 1. The minimum atomic E-state index is -0.255. The van der Waals surface area contributed by atoms with E-state index in [9.17, 15) is 9.18 Å². The smallest absolute Gasteiger partial charge is 0.223 e. The number of halogens is 1. The summed E-state index contributed by atoms with van der Waals surface area (Å²) >= 11 is 0. The molecular formula is C17H18FNO. The van der Waals surface area contributed by atoms with E-state index in [0.717, 1.165) is 11.1 Å². The maximum Gasteiger partial charge on any atom is 0.223 e. The third-order valence-electron chi connectivity index (χ3n) is 3.21.